The number of carbonyl (C=O) groups excluding carboxylic acids is 2. The van der Waals surface area contributed by atoms with Gasteiger partial charge in [0.1, 0.15) is 6.54 Å². The van der Waals surface area contributed by atoms with Crippen molar-refractivity contribution < 1.29 is 9.59 Å². The fourth-order valence-corrected chi connectivity index (χ4v) is 3.03. The Kier molecular flexibility index (Phi) is 6.56. The maximum Gasteiger partial charge on any atom is 0.246 e. The van der Waals surface area contributed by atoms with Crippen LogP contribution in [0, 0.1) is 0 Å². The predicted octanol–water partition coefficient (Wildman–Crippen LogP) is 1.70. The summed E-state index contributed by atoms with van der Waals surface area (Å²) in [5.74, 6) is 0.348. The first-order chi connectivity index (χ1) is 13.7. The van der Waals surface area contributed by atoms with Crippen molar-refractivity contribution in [3.05, 3.63) is 54.4 Å². The van der Waals surface area contributed by atoms with Gasteiger partial charge in [-0.3, -0.25) is 14.6 Å². The van der Waals surface area contributed by atoms with Gasteiger partial charge in [0, 0.05) is 37.3 Å². The number of anilines is 2. The van der Waals surface area contributed by atoms with Crippen LogP contribution in [-0.4, -0.2) is 42.4 Å². The number of hydrogen-bond acceptors (Lipinski definition) is 4. The Morgan fingerprint density at radius 2 is 2.11 bits per heavy atom. The maximum absolute atomic E-state index is 12.1. The van der Waals surface area contributed by atoms with Gasteiger partial charge in [0.2, 0.25) is 11.8 Å². The molecule has 1 unspecified atom stereocenters. The molecule has 0 radical (unpaired) electrons. The van der Waals surface area contributed by atoms with Crippen molar-refractivity contribution in [2.45, 2.75) is 19.3 Å². The van der Waals surface area contributed by atoms with E-state index in [1.54, 1.807) is 24.5 Å². The molecule has 0 spiro atoms. The number of aliphatic imine (C=N–C) groups is 1. The molecule has 3 rings (SSSR count). The van der Waals surface area contributed by atoms with Gasteiger partial charge in [-0.1, -0.05) is 18.2 Å². The monoisotopic (exact) mass is 380 g/mol. The summed E-state index contributed by atoms with van der Waals surface area (Å²) in [6.07, 6.45) is 3.63. The molecule has 2 heterocycles. The Bertz CT molecular complexity index is 853. The Morgan fingerprint density at radius 3 is 2.89 bits per heavy atom. The second-order valence-electron chi connectivity index (χ2n) is 6.40. The van der Waals surface area contributed by atoms with E-state index in [-0.39, 0.29) is 24.3 Å². The van der Waals surface area contributed by atoms with Crippen molar-refractivity contribution >= 4 is 29.1 Å². The molecule has 2 amide bonds. The second-order valence-corrected chi connectivity index (χ2v) is 6.40. The van der Waals surface area contributed by atoms with Crippen molar-refractivity contribution in [1.29, 1.82) is 0 Å². The fourth-order valence-electron chi connectivity index (χ4n) is 3.03. The van der Waals surface area contributed by atoms with Gasteiger partial charge in [-0.25, -0.2) is 4.99 Å². The summed E-state index contributed by atoms with van der Waals surface area (Å²) in [5, 5.41) is 12.0. The van der Waals surface area contributed by atoms with Crippen molar-refractivity contribution in [1.82, 2.24) is 15.6 Å². The zero-order valence-electron chi connectivity index (χ0n) is 15.7. The third kappa shape index (κ3) is 5.29. The molecular weight excluding hydrogens is 356 g/mol. The Labute approximate surface area is 163 Å². The van der Waals surface area contributed by atoms with Gasteiger partial charge in [-0.15, -0.1) is 0 Å². The average Bonchev–Trinajstić information content (AvgIpc) is 2.70. The first-order valence-corrected chi connectivity index (χ1v) is 9.26. The van der Waals surface area contributed by atoms with Crippen LogP contribution >= 0.6 is 0 Å². The number of nitrogens with zero attached hydrogens (tertiary/aromatic N) is 2. The minimum Gasteiger partial charge on any atom is -0.357 e. The number of carbonyl (C=O) groups is 2. The van der Waals surface area contributed by atoms with Crippen LogP contribution < -0.4 is 21.3 Å². The molecule has 1 atom stereocenters. The lowest BCUT2D eigenvalue weighted by Gasteiger charge is -2.26. The molecule has 1 aliphatic heterocycles. The lowest BCUT2D eigenvalue weighted by Crippen LogP contribution is -2.41. The van der Waals surface area contributed by atoms with Crippen LogP contribution in [0.4, 0.5) is 11.4 Å². The van der Waals surface area contributed by atoms with E-state index in [1.807, 2.05) is 31.2 Å². The summed E-state index contributed by atoms with van der Waals surface area (Å²) in [5.41, 5.74) is 2.58. The van der Waals surface area contributed by atoms with Gasteiger partial charge in [0.05, 0.1) is 11.9 Å². The summed E-state index contributed by atoms with van der Waals surface area (Å²) >= 11 is 0. The fraction of sp³-hybridized carbons (Fsp3) is 0.300. The highest BCUT2D eigenvalue weighted by Gasteiger charge is 2.24. The zero-order valence-corrected chi connectivity index (χ0v) is 15.7. The van der Waals surface area contributed by atoms with E-state index in [1.165, 1.54) is 0 Å². The average molecular weight is 380 g/mol. The molecule has 2 aromatic rings. The molecule has 0 aliphatic carbocycles. The Hall–Kier alpha value is -3.42. The summed E-state index contributed by atoms with van der Waals surface area (Å²) in [4.78, 5) is 32.3. The van der Waals surface area contributed by atoms with Crippen molar-refractivity contribution in [3.8, 4) is 0 Å². The summed E-state index contributed by atoms with van der Waals surface area (Å²) in [7, 11) is 0. The Balaban J connectivity index is 1.59. The number of nitrogens with one attached hydrogen (secondary N) is 4. The first kappa shape index (κ1) is 19.3. The van der Waals surface area contributed by atoms with E-state index in [2.05, 4.69) is 31.2 Å². The van der Waals surface area contributed by atoms with Crippen LogP contribution in [0.25, 0.3) is 0 Å². The van der Waals surface area contributed by atoms with Crippen LogP contribution in [-0.2, 0) is 9.59 Å². The standard InChI is InChI=1S/C20H24N6O2/c1-2-22-20(24-13-19(28)25-15-6-5-9-21-12-15)23-11-14-10-18(27)26-17-8-4-3-7-16(14)17/h3-9,12,14H,2,10-11,13H2,1H3,(H,25,28)(H,26,27)(H2,22,23,24). The number of guanidine groups is 1. The lowest BCUT2D eigenvalue weighted by atomic mass is 9.90. The van der Waals surface area contributed by atoms with E-state index in [0.717, 1.165) is 11.3 Å². The van der Waals surface area contributed by atoms with Crippen molar-refractivity contribution in [3.63, 3.8) is 0 Å². The van der Waals surface area contributed by atoms with E-state index >= 15 is 0 Å². The molecule has 146 valence electrons. The van der Waals surface area contributed by atoms with Gasteiger partial charge >= 0.3 is 0 Å². The van der Waals surface area contributed by atoms with Gasteiger partial charge in [0.25, 0.3) is 0 Å². The predicted molar refractivity (Wildman–Crippen MR) is 109 cm³/mol. The molecule has 28 heavy (non-hydrogen) atoms. The van der Waals surface area contributed by atoms with Gasteiger partial charge < -0.3 is 21.3 Å². The zero-order chi connectivity index (χ0) is 19.8. The molecule has 4 N–H and O–H groups in total. The van der Waals surface area contributed by atoms with Crippen molar-refractivity contribution in [2.24, 2.45) is 4.99 Å². The largest absolute Gasteiger partial charge is 0.357 e. The third-order valence-corrected chi connectivity index (χ3v) is 4.29. The van der Waals surface area contributed by atoms with Crippen molar-refractivity contribution in [2.75, 3.05) is 30.3 Å². The number of amides is 2. The minimum absolute atomic E-state index is 0.00304. The first-order valence-electron chi connectivity index (χ1n) is 9.26. The molecule has 0 fully saturated rings. The summed E-state index contributed by atoms with van der Waals surface area (Å²) in [6.45, 7) is 3.14. The van der Waals surface area contributed by atoms with Crippen LogP contribution in [0.3, 0.4) is 0 Å². The number of benzene rings is 1. The van der Waals surface area contributed by atoms with E-state index < -0.39 is 0 Å². The lowest BCUT2D eigenvalue weighted by molar-refractivity contribution is -0.117. The second kappa shape index (κ2) is 9.50. The third-order valence-electron chi connectivity index (χ3n) is 4.29. The number of rotatable bonds is 6. The van der Waals surface area contributed by atoms with Crippen LogP contribution in [0.2, 0.25) is 0 Å². The topological polar surface area (TPSA) is 108 Å². The SMILES string of the molecule is CCNC(=NCC(=O)Nc1cccnc1)NCC1CC(=O)Nc2ccccc21. The number of fused-ring (bicyclic) bond motifs is 1. The number of aromatic nitrogens is 1. The molecule has 8 heteroatoms. The molecule has 1 aromatic heterocycles. The number of pyridine rings is 1. The normalized spacial score (nSPS) is 16.0. The number of para-hydroxylation sites is 1. The minimum atomic E-state index is -0.229. The molecular formula is C20H24N6O2. The van der Waals surface area contributed by atoms with Gasteiger partial charge in [-0.05, 0) is 30.7 Å². The molecule has 0 bridgehead atoms. The molecule has 0 saturated carbocycles. The quantitative estimate of drug-likeness (QED) is 0.451. The van der Waals surface area contributed by atoms with Gasteiger partial charge in [0.15, 0.2) is 5.96 Å². The van der Waals surface area contributed by atoms with Crippen LogP contribution in [0.15, 0.2) is 53.8 Å². The van der Waals surface area contributed by atoms with E-state index in [4.69, 9.17) is 0 Å². The summed E-state index contributed by atoms with van der Waals surface area (Å²) < 4.78 is 0. The Morgan fingerprint density at radius 1 is 1.25 bits per heavy atom. The maximum atomic E-state index is 12.1. The van der Waals surface area contributed by atoms with E-state index in [0.29, 0.717) is 31.2 Å². The van der Waals surface area contributed by atoms with Gasteiger partial charge in [-0.2, -0.15) is 0 Å². The summed E-state index contributed by atoms with van der Waals surface area (Å²) in [6, 6.07) is 11.3. The highest BCUT2D eigenvalue weighted by atomic mass is 16.2. The number of hydrogen-bond donors (Lipinski definition) is 4. The van der Waals surface area contributed by atoms with Crippen LogP contribution in [0.5, 0.6) is 0 Å². The molecule has 1 aromatic carbocycles. The van der Waals surface area contributed by atoms with Crippen LogP contribution in [0.1, 0.15) is 24.8 Å². The molecule has 0 saturated heterocycles. The van der Waals surface area contributed by atoms with E-state index in [9.17, 15) is 9.59 Å². The smallest absolute Gasteiger partial charge is 0.246 e. The molecule has 1 aliphatic rings. The highest BCUT2D eigenvalue weighted by molar-refractivity contribution is 5.95. The molecule has 8 nitrogen and oxygen atoms in total. The highest BCUT2D eigenvalue weighted by Crippen LogP contribution is 2.31.